The first-order chi connectivity index (χ1) is 17.7. The number of rotatable bonds is 6. The zero-order valence-corrected chi connectivity index (χ0v) is 20.6. The first-order valence-corrected chi connectivity index (χ1v) is 12.7. The van der Waals surface area contributed by atoms with E-state index in [-0.39, 0.29) is 0 Å². The summed E-state index contributed by atoms with van der Waals surface area (Å²) in [6.45, 7) is 7.40. The van der Waals surface area contributed by atoms with Gasteiger partial charge in [0.05, 0.1) is 37.0 Å². The number of nitrogens with one attached hydrogen (secondary N) is 1. The quantitative estimate of drug-likeness (QED) is 0.321. The molecular weight excluding hydrogens is 450 g/mol. The Hall–Kier alpha value is -3.91. The van der Waals surface area contributed by atoms with Crippen LogP contribution in [0.15, 0.2) is 65.9 Å². The molecule has 8 nitrogen and oxygen atoms in total. The van der Waals surface area contributed by atoms with Crippen LogP contribution in [-0.4, -0.2) is 60.2 Å². The fraction of sp³-hybridized carbons (Fsp3) is 0.321. The summed E-state index contributed by atoms with van der Waals surface area (Å²) in [5.74, 6) is 0.668. The lowest BCUT2D eigenvalue weighted by atomic mass is 10.1. The van der Waals surface area contributed by atoms with Crippen LogP contribution in [0, 0.1) is 6.92 Å². The van der Waals surface area contributed by atoms with E-state index in [9.17, 15) is 0 Å². The van der Waals surface area contributed by atoms with Crippen molar-refractivity contribution in [1.29, 1.82) is 0 Å². The molecule has 0 spiro atoms. The number of aromatic nitrogens is 3. The minimum atomic E-state index is 0.668. The van der Waals surface area contributed by atoms with Crippen molar-refractivity contribution in [2.24, 2.45) is 5.10 Å². The Balaban J connectivity index is 1.31. The minimum absolute atomic E-state index is 0.668. The molecule has 2 fully saturated rings. The van der Waals surface area contributed by atoms with Gasteiger partial charge in [0.1, 0.15) is 0 Å². The molecule has 0 atom stereocenters. The standard InChI is InChI=1S/C28H31N7O/c1-21-5-4-6-22(17-21)19-29-31-27-18-26(34-13-15-36-16-14-34)28-30-25(20-35(28)32-27)23-7-9-24(10-8-23)33-11-2-3-12-33/h4-10,17-20H,2-3,11-16H2,1H3,(H,31,32). The minimum Gasteiger partial charge on any atom is -0.378 e. The summed E-state index contributed by atoms with van der Waals surface area (Å²) >= 11 is 0. The van der Waals surface area contributed by atoms with Gasteiger partial charge in [-0.3, -0.25) is 5.43 Å². The van der Waals surface area contributed by atoms with Crippen molar-refractivity contribution in [2.75, 3.05) is 54.6 Å². The fourth-order valence-corrected chi connectivity index (χ4v) is 4.93. The average molecular weight is 482 g/mol. The molecule has 2 saturated heterocycles. The molecule has 0 radical (unpaired) electrons. The molecular formula is C28H31N7O. The van der Waals surface area contributed by atoms with E-state index in [0.717, 1.165) is 54.3 Å². The molecule has 2 aromatic heterocycles. The maximum absolute atomic E-state index is 5.59. The van der Waals surface area contributed by atoms with E-state index in [1.165, 1.54) is 24.1 Å². The van der Waals surface area contributed by atoms with E-state index < -0.39 is 0 Å². The largest absolute Gasteiger partial charge is 0.378 e. The average Bonchev–Trinajstić information content (AvgIpc) is 3.60. The Morgan fingerprint density at radius 2 is 1.75 bits per heavy atom. The van der Waals surface area contributed by atoms with Gasteiger partial charge in [0.25, 0.3) is 0 Å². The van der Waals surface area contributed by atoms with E-state index >= 15 is 0 Å². The Morgan fingerprint density at radius 3 is 2.53 bits per heavy atom. The van der Waals surface area contributed by atoms with E-state index in [1.807, 2.05) is 35.1 Å². The third-order valence-electron chi connectivity index (χ3n) is 6.83. The van der Waals surface area contributed by atoms with Gasteiger partial charge in [0.2, 0.25) is 0 Å². The number of aryl methyl sites for hydroxylation is 1. The molecule has 0 unspecified atom stereocenters. The smallest absolute Gasteiger partial charge is 0.177 e. The van der Waals surface area contributed by atoms with Crippen LogP contribution in [0.5, 0.6) is 0 Å². The van der Waals surface area contributed by atoms with Gasteiger partial charge in [-0.1, -0.05) is 42.0 Å². The number of hydrogen-bond acceptors (Lipinski definition) is 7. The summed E-state index contributed by atoms with van der Waals surface area (Å²) < 4.78 is 7.45. The fourth-order valence-electron chi connectivity index (χ4n) is 4.93. The van der Waals surface area contributed by atoms with E-state index in [4.69, 9.17) is 14.8 Å². The van der Waals surface area contributed by atoms with Gasteiger partial charge in [0.15, 0.2) is 11.5 Å². The predicted octanol–water partition coefficient (Wildman–Crippen LogP) is 4.59. The first kappa shape index (κ1) is 22.5. The monoisotopic (exact) mass is 481 g/mol. The second kappa shape index (κ2) is 9.99. The van der Waals surface area contributed by atoms with Crippen LogP contribution in [-0.2, 0) is 4.74 Å². The second-order valence-electron chi connectivity index (χ2n) is 9.43. The van der Waals surface area contributed by atoms with Crippen LogP contribution in [0.3, 0.4) is 0 Å². The summed E-state index contributed by atoms with van der Waals surface area (Å²) in [6, 6.07) is 19.0. The van der Waals surface area contributed by atoms with Gasteiger partial charge in [-0.25, -0.2) is 9.50 Å². The first-order valence-electron chi connectivity index (χ1n) is 12.7. The highest BCUT2D eigenvalue weighted by Gasteiger charge is 2.19. The Kier molecular flexibility index (Phi) is 6.26. The number of benzene rings is 2. The molecule has 36 heavy (non-hydrogen) atoms. The van der Waals surface area contributed by atoms with Gasteiger partial charge < -0.3 is 14.5 Å². The zero-order valence-electron chi connectivity index (χ0n) is 20.6. The molecule has 4 heterocycles. The zero-order chi connectivity index (χ0) is 24.3. The molecule has 0 aliphatic carbocycles. The predicted molar refractivity (Wildman–Crippen MR) is 145 cm³/mol. The molecule has 4 aromatic rings. The molecule has 8 heteroatoms. The van der Waals surface area contributed by atoms with Crippen LogP contribution in [0.2, 0.25) is 0 Å². The molecule has 0 saturated carbocycles. The van der Waals surface area contributed by atoms with Crippen LogP contribution in [0.1, 0.15) is 24.0 Å². The molecule has 2 aliphatic heterocycles. The van der Waals surface area contributed by atoms with Crippen LogP contribution in [0.25, 0.3) is 16.9 Å². The van der Waals surface area contributed by atoms with Crippen molar-refractivity contribution in [3.8, 4) is 11.3 Å². The van der Waals surface area contributed by atoms with Gasteiger partial charge in [0, 0.05) is 43.5 Å². The van der Waals surface area contributed by atoms with E-state index in [1.54, 1.807) is 0 Å². The van der Waals surface area contributed by atoms with Crippen LogP contribution >= 0.6 is 0 Å². The number of ether oxygens (including phenoxy) is 1. The number of hydrazone groups is 1. The highest BCUT2D eigenvalue weighted by molar-refractivity contribution is 5.81. The van der Waals surface area contributed by atoms with Crippen molar-refractivity contribution < 1.29 is 4.74 Å². The summed E-state index contributed by atoms with van der Waals surface area (Å²) in [5.41, 5.74) is 10.5. The number of hydrogen-bond donors (Lipinski definition) is 1. The number of morpholine rings is 1. The maximum Gasteiger partial charge on any atom is 0.177 e. The maximum atomic E-state index is 5.59. The van der Waals surface area contributed by atoms with Crippen molar-refractivity contribution in [3.05, 3.63) is 71.9 Å². The summed E-state index contributed by atoms with van der Waals surface area (Å²) in [6.07, 6.45) is 6.36. The van der Waals surface area contributed by atoms with Crippen molar-refractivity contribution >= 4 is 29.1 Å². The third-order valence-corrected chi connectivity index (χ3v) is 6.83. The van der Waals surface area contributed by atoms with Crippen molar-refractivity contribution in [1.82, 2.24) is 14.6 Å². The third kappa shape index (κ3) is 4.77. The topological polar surface area (TPSA) is 70.3 Å². The Bertz CT molecular complexity index is 1370. The van der Waals surface area contributed by atoms with Crippen molar-refractivity contribution in [3.63, 3.8) is 0 Å². The summed E-state index contributed by atoms with van der Waals surface area (Å²) in [4.78, 5) is 9.76. The Labute approximate surface area is 211 Å². The van der Waals surface area contributed by atoms with Crippen LogP contribution in [0.4, 0.5) is 17.2 Å². The lowest BCUT2D eigenvalue weighted by Crippen LogP contribution is -2.36. The summed E-state index contributed by atoms with van der Waals surface area (Å²) in [7, 11) is 0. The molecule has 6 rings (SSSR count). The van der Waals surface area contributed by atoms with Gasteiger partial charge in [-0.05, 0) is 37.5 Å². The SMILES string of the molecule is Cc1cccc(C=NNc2cc(N3CCOCC3)c3nc(-c4ccc(N5CCCC5)cc4)cn3n2)c1. The van der Waals surface area contributed by atoms with Crippen LogP contribution < -0.4 is 15.2 Å². The molecule has 1 N–H and O–H groups in total. The number of nitrogens with zero attached hydrogens (tertiary/aromatic N) is 6. The second-order valence-corrected chi connectivity index (χ2v) is 9.43. The molecule has 2 aliphatic rings. The van der Waals surface area contributed by atoms with E-state index in [0.29, 0.717) is 19.0 Å². The van der Waals surface area contributed by atoms with Gasteiger partial charge in [-0.15, -0.1) is 5.10 Å². The molecule has 0 amide bonds. The normalized spacial score (nSPS) is 16.4. The van der Waals surface area contributed by atoms with Gasteiger partial charge >= 0.3 is 0 Å². The molecule has 0 bridgehead atoms. The Morgan fingerprint density at radius 1 is 0.944 bits per heavy atom. The molecule has 2 aromatic carbocycles. The molecule has 184 valence electrons. The lowest BCUT2D eigenvalue weighted by molar-refractivity contribution is 0.123. The number of anilines is 3. The van der Waals surface area contributed by atoms with E-state index in [2.05, 4.69) is 63.6 Å². The van der Waals surface area contributed by atoms with Gasteiger partial charge in [-0.2, -0.15) is 5.10 Å². The number of fused-ring (bicyclic) bond motifs is 1. The number of imidazole rings is 1. The van der Waals surface area contributed by atoms with Crippen molar-refractivity contribution in [2.45, 2.75) is 19.8 Å². The lowest BCUT2D eigenvalue weighted by Gasteiger charge is -2.29. The highest BCUT2D eigenvalue weighted by atomic mass is 16.5. The highest BCUT2D eigenvalue weighted by Crippen LogP contribution is 2.29. The summed E-state index contributed by atoms with van der Waals surface area (Å²) in [5, 5.41) is 9.21.